The normalized spacial score (nSPS) is 10.2. The summed E-state index contributed by atoms with van der Waals surface area (Å²) in [5, 5.41) is 8.64. The summed E-state index contributed by atoms with van der Waals surface area (Å²) in [6, 6.07) is 5.08. The molecule has 1 rings (SSSR count). The zero-order valence-electron chi connectivity index (χ0n) is 8.27. The summed E-state index contributed by atoms with van der Waals surface area (Å²) in [5.74, 6) is 0.273. The molecule has 5 heteroatoms. The first-order valence-corrected chi connectivity index (χ1v) is 5.56. The second kappa shape index (κ2) is 5.63. The van der Waals surface area contributed by atoms with E-state index in [4.69, 9.17) is 16.6 Å². The molecule has 1 aromatic carbocycles. The van der Waals surface area contributed by atoms with E-state index >= 15 is 0 Å². The number of hydrogen-bond donors (Lipinski definition) is 3. The van der Waals surface area contributed by atoms with Gasteiger partial charge in [0.25, 0.3) is 0 Å². The van der Waals surface area contributed by atoms with E-state index in [2.05, 4.69) is 0 Å². The van der Waals surface area contributed by atoms with E-state index in [9.17, 15) is 4.79 Å². The summed E-state index contributed by atoms with van der Waals surface area (Å²) in [6.45, 7) is 0.147. The predicted octanol–water partition coefficient (Wildman–Crippen LogP) is 0.842. The highest BCUT2D eigenvalue weighted by atomic mass is 32.2. The van der Waals surface area contributed by atoms with Crippen LogP contribution >= 0.6 is 11.8 Å². The van der Waals surface area contributed by atoms with E-state index < -0.39 is 5.91 Å². The Morgan fingerprint density at radius 2 is 2.20 bits per heavy atom. The van der Waals surface area contributed by atoms with Crippen molar-refractivity contribution >= 4 is 23.4 Å². The number of carbonyl (C=O) groups is 1. The van der Waals surface area contributed by atoms with Gasteiger partial charge < -0.3 is 16.6 Å². The van der Waals surface area contributed by atoms with Gasteiger partial charge in [0.1, 0.15) is 0 Å². The molecule has 0 atom stereocenters. The minimum atomic E-state index is -0.478. The largest absolute Gasteiger partial charge is 0.399 e. The van der Waals surface area contributed by atoms with Crippen LogP contribution in [0.2, 0.25) is 0 Å². The van der Waals surface area contributed by atoms with Crippen LogP contribution < -0.4 is 11.5 Å². The van der Waals surface area contributed by atoms with Gasteiger partial charge in [0.2, 0.25) is 5.91 Å². The van der Waals surface area contributed by atoms with Crippen molar-refractivity contribution in [1.29, 1.82) is 0 Å². The quantitative estimate of drug-likeness (QED) is 0.394. The number of carbonyl (C=O) groups excluding carboxylic acids is 1. The summed E-state index contributed by atoms with van der Waals surface area (Å²) < 4.78 is 0. The van der Waals surface area contributed by atoms with Gasteiger partial charge in [-0.25, -0.2) is 0 Å². The third kappa shape index (κ3) is 3.45. The zero-order chi connectivity index (χ0) is 11.3. The first-order chi connectivity index (χ1) is 7.15. The summed E-state index contributed by atoms with van der Waals surface area (Å²) in [6.07, 6.45) is 0.688. The SMILES string of the molecule is NC(=O)c1cc(N)ccc1SCCCO. The summed E-state index contributed by atoms with van der Waals surface area (Å²) >= 11 is 1.49. The maximum absolute atomic E-state index is 11.1. The monoisotopic (exact) mass is 226 g/mol. The van der Waals surface area contributed by atoms with E-state index in [0.717, 1.165) is 10.6 Å². The number of aliphatic hydroxyl groups is 1. The molecule has 15 heavy (non-hydrogen) atoms. The van der Waals surface area contributed by atoms with Crippen molar-refractivity contribution in [1.82, 2.24) is 0 Å². The lowest BCUT2D eigenvalue weighted by Crippen LogP contribution is -2.12. The molecule has 0 aliphatic heterocycles. The second-order valence-electron chi connectivity index (χ2n) is 3.05. The Hall–Kier alpha value is -1.20. The fraction of sp³-hybridized carbons (Fsp3) is 0.300. The number of thioether (sulfide) groups is 1. The molecule has 1 amide bonds. The lowest BCUT2D eigenvalue weighted by Gasteiger charge is -2.06. The first kappa shape index (κ1) is 11.9. The predicted molar refractivity (Wildman–Crippen MR) is 61.8 cm³/mol. The van der Waals surface area contributed by atoms with E-state index in [1.807, 2.05) is 0 Å². The van der Waals surface area contributed by atoms with Crippen LogP contribution in [0.1, 0.15) is 16.8 Å². The molecule has 0 radical (unpaired) electrons. The van der Waals surface area contributed by atoms with Crippen molar-refractivity contribution in [2.45, 2.75) is 11.3 Å². The molecule has 0 fully saturated rings. The van der Waals surface area contributed by atoms with Crippen LogP contribution in [-0.2, 0) is 0 Å². The lowest BCUT2D eigenvalue weighted by molar-refractivity contribution is 0.0997. The Morgan fingerprint density at radius 1 is 1.47 bits per heavy atom. The van der Waals surface area contributed by atoms with Gasteiger partial charge in [-0.2, -0.15) is 0 Å². The number of hydrogen-bond acceptors (Lipinski definition) is 4. The topological polar surface area (TPSA) is 89.3 Å². The number of primary amides is 1. The molecular weight excluding hydrogens is 212 g/mol. The van der Waals surface area contributed by atoms with E-state index in [1.54, 1.807) is 18.2 Å². The molecule has 0 saturated carbocycles. The van der Waals surface area contributed by atoms with Crippen LogP contribution in [0.25, 0.3) is 0 Å². The maximum atomic E-state index is 11.1. The smallest absolute Gasteiger partial charge is 0.249 e. The highest BCUT2D eigenvalue weighted by molar-refractivity contribution is 7.99. The average molecular weight is 226 g/mol. The van der Waals surface area contributed by atoms with Crippen molar-refractivity contribution < 1.29 is 9.90 Å². The number of aliphatic hydroxyl groups excluding tert-OH is 1. The molecule has 0 saturated heterocycles. The Morgan fingerprint density at radius 3 is 2.80 bits per heavy atom. The molecule has 0 spiro atoms. The van der Waals surface area contributed by atoms with Gasteiger partial charge >= 0.3 is 0 Å². The summed E-state index contributed by atoms with van der Waals surface area (Å²) in [7, 11) is 0. The van der Waals surface area contributed by atoms with Crippen molar-refractivity contribution in [3.63, 3.8) is 0 Å². The standard InChI is InChI=1S/C10H14N2O2S/c11-7-2-3-9(15-5-1-4-13)8(6-7)10(12)14/h2-3,6,13H,1,4-5,11H2,(H2,12,14). The number of rotatable bonds is 5. The van der Waals surface area contributed by atoms with Crippen LogP contribution in [0.15, 0.2) is 23.1 Å². The third-order valence-corrected chi connectivity index (χ3v) is 2.99. The van der Waals surface area contributed by atoms with Gasteiger partial charge in [0, 0.05) is 22.9 Å². The molecule has 0 heterocycles. The van der Waals surface area contributed by atoms with Crippen molar-refractivity contribution in [2.24, 2.45) is 5.73 Å². The third-order valence-electron chi connectivity index (χ3n) is 1.83. The molecule has 0 aliphatic rings. The maximum Gasteiger partial charge on any atom is 0.249 e. The summed E-state index contributed by atoms with van der Waals surface area (Å²) in [4.78, 5) is 11.9. The highest BCUT2D eigenvalue weighted by Crippen LogP contribution is 2.24. The van der Waals surface area contributed by atoms with Crippen molar-refractivity contribution in [3.8, 4) is 0 Å². The van der Waals surface area contributed by atoms with Crippen LogP contribution in [0.3, 0.4) is 0 Å². The molecule has 4 nitrogen and oxygen atoms in total. The van der Waals surface area contributed by atoms with Gasteiger partial charge in [-0.3, -0.25) is 4.79 Å². The zero-order valence-corrected chi connectivity index (χ0v) is 9.09. The number of nitrogen functional groups attached to an aromatic ring is 1. The lowest BCUT2D eigenvalue weighted by atomic mass is 10.2. The first-order valence-electron chi connectivity index (χ1n) is 4.58. The average Bonchev–Trinajstić information content (AvgIpc) is 2.20. The number of anilines is 1. The van der Waals surface area contributed by atoms with Crippen molar-refractivity contribution in [3.05, 3.63) is 23.8 Å². The number of amides is 1. The fourth-order valence-electron chi connectivity index (χ4n) is 1.11. The van der Waals surface area contributed by atoms with Crippen LogP contribution in [0.4, 0.5) is 5.69 Å². The molecule has 82 valence electrons. The summed E-state index contributed by atoms with van der Waals surface area (Å²) in [5.41, 5.74) is 11.8. The molecule has 0 aromatic heterocycles. The second-order valence-corrected chi connectivity index (χ2v) is 4.18. The number of benzene rings is 1. The van der Waals surface area contributed by atoms with Crippen molar-refractivity contribution in [2.75, 3.05) is 18.1 Å². The van der Waals surface area contributed by atoms with E-state index in [-0.39, 0.29) is 6.61 Å². The van der Waals surface area contributed by atoms with E-state index in [0.29, 0.717) is 17.7 Å². The van der Waals surface area contributed by atoms with Gasteiger partial charge in [0.05, 0.1) is 5.56 Å². The van der Waals surface area contributed by atoms with Gasteiger partial charge in [-0.05, 0) is 24.6 Å². The van der Waals surface area contributed by atoms with Crippen LogP contribution in [0.5, 0.6) is 0 Å². The molecule has 0 bridgehead atoms. The van der Waals surface area contributed by atoms with Gasteiger partial charge in [-0.15, -0.1) is 11.8 Å². The Balaban J connectivity index is 2.81. The Bertz CT molecular complexity index is 355. The molecule has 0 aliphatic carbocycles. The molecule has 5 N–H and O–H groups in total. The van der Waals surface area contributed by atoms with E-state index in [1.165, 1.54) is 11.8 Å². The Labute approximate surface area is 92.6 Å². The minimum Gasteiger partial charge on any atom is -0.399 e. The fourth-order valence-corrected chi connectivity index (χ4v) is 2.09. The number of nitrogens with two attached hydrogens (primary N) is 2. The Kier molecular flexibility index (Phi) is 4.45. The van der Waals surface area contributed by atoms with Gasteiger partial charge in [0.15, 0.2) is 0 Å². The molecule has 1 aromatic rings. The minimum absolute atomic E-state index is 0.147. The van der Waals surface area contributed by atoms with Crippen LogP contribution in [0, 0.1) is 0 Å². The van der Waals surface area contributed by atoms with Gasteiger partial charge in [-0.1, -0.05) is 0 Å². The van der Waals surface area contributed by atoms with Crippen LogP contribution in [-0.4, -0.2) is 23.4 Å². The molecular formula is C10H14N2O2S. The molecule has 0 unspecified atom stereocenters. The highest BCUT2D eigenvalue weighted by Gasteiger charge is 2.08.